The van der Waals surface area contributed by atoms with Crippen molar-refractivity contribution in [3.05, 3.63) is 202 Å². The molecule has 0 atom stereocenters. The number of hydrogen-bond donors (Lipinski definition) is 0. The van der Waals surface area contributed by atoms with Crippen molar-refractivity contribution in [1.29, 1.82) is 0 Å². The number of anilines is 9. The Morgan fingerprint density at radius 1 is 0.444 bits per heavy atom. The first-order chi connectivity index (χ1) is 34.1. The van der Waals surface area contributed by atoms with E-state index in [2.05, 4.69) is 269 Å². The van der Waals surface area contributed by atoms with Crippen molar-refractivity contribution < 1.29 is 0 Å². The van der Waals surface area contributed by atoms with Crippen LogP contribution >= 0.6 is 0 Å². The van der Waals surface area contributed by atoms with Crippen LogP contribution in [0.15, 0.2) is 158 Å². The predicted molar refractivity (Wildman–Crippen MR) is 312 cm³/mol. The fourth-order valence-electron chi connectivity index (χ4n) is 12.5. The lowest BCUT2D eigenvalue weighted by molar-refractivity contribution is 0.332. The Labute approximate surface area is 431 Å². The molecule has 0 amide bonds. The van der Waals surface area contributed by atoms with Crippen LogP contribution in [0.25, 0.3) is 11.1 Å². The van der Waals surface area contributed by atoms with E-state index >= 15 is 0 Å². The lowest BCUT2D eigenvalue weighted by atomic mass is 9.33. The summed E-state index contributed by atoms with van der Waals surface area (Å²) in [4.78, 5) is 7.86. The van der Waals surface area contributed by atoms with Crippen molar-refractivity contribution in [2.24, 2.45) is 0 Å². The zero-order valence-corrected chi connectivity index (χ0v) is 45.3. The number of benzene rings is 8. The van der Waals surface area contributed by atoms with Gasteiger partial charge in [0.05, 0.1) is 17.1 Å². The number of para-hydroxylation sites is 3. The first-order valence-electron chi connectivity index (χ1n) is 26.4. The molecular weight excluding hydrogens is 870 g/mol. The van der Waals surface area contributed by atoms with Gasteiger partial charge in [-0.2, -0.15) is 0 Å². The van der Waals surface area contributed by atoms with E-state index in [4.69, 9.17) is 0 Å². The van der Waals surface area contributed by atoms with Crippen molar-refractivity contribution in [1.82, 2.24) is 0 Å². The lowest BCUT2D eigenvalue weighted by Gasteiger charge is -2.48. The Balaban J connectivity index is 1.28. The molecule has 11 rings (SSSR count). The molecule has 0 unspecified atom stereocenters. The first-order valence-corrected chi connectivity index (χ1v) is 26.4. The highest BCUT2D eigenvalue weighted by Crippen LogP contribution is 2.53. The molecule has 2 aliphatic heterocycles. The zero-order chi connectivity index (χ0) is 50.8. The van der Waals surface area contributed by atoms with Crippen molar-refractivity contribution in [2.75, 3.05) is 14.7 Å². The van der Waals surface area contributed by atoms with Crippen LogP contribution in [0.2, 0.25) is 0 Å². The third-order valence-corrected chi connectivity index (χ3v) is 16.6. The van der Waals surface area contributed by atoms with Gasteiger partial charge in [0.1, 0.15) is 0 Å². The van der Waals surface area contributed by atoms with Crippen LogP contribution in [-0.2, 0) is 21.7 Å². The molecule has 4 heteroatoms. The second kappa shape index (κ2) is 16.9. The van der Waals surface area contributed by atoms with E-state index in [0.717, 1.165) is 29.9 Å². The van der Waals surface area contributed by atoms with Crippen molar-refractivity contribution in [3.63, 3.8) is 0 Å². The zero-order valence-electron chi connectivity index (χ0n) is 45.3. The molecule has 0 bridgehead atoms. The fraction of sp³-hybridized carbons (Fsp3) is 0.294. The van der Waals surface area contributed by atoms with Gasteiger partial charge >= 0.3 is 0 Å². The maximum absolute atomic E-state index is 2.72. The Morgan fingerprint density at radius 3 is 1.53 bits per heavy atom. The van der Waals surface area contributed by atoms with E-state index in [1.165, 1.54) is 106 Å². The molecular formula is C68H72BN3. The monoisotopic (exact) mass is 942 g/mol. The van der Waals surface area contributed by atoms with Crippen molar-refractivity contribution >= 4 is 74.3 Å². The minimum absolute atomic E-state index is 0.0210. The molecule has 72 heavy (non-hydrogen) atoms. The lowest BCUT2D eigenvalue weighted by Crippen LogP contribution is -2.62. The van der Waals surface area contributed by atoms with E-state index in [1.807, 2.05) is 0 Å². The normalized spacial score (nSPS) is 15.4. The SMILES string of the molecule is Cc1cccc(C)c1N1c2cc(N(c3ccccc3)c3ccccc3-c3ccccc3)ccc2B2c3cc4c(cc3N(c3c(C)cc(C(C)(C)C)cc3C)c3cc(C(C)(C)C)cc1c32)C(C)(C)CCC4(C)C. The molecule has 3 nitrogen and oxygen atoms in total. The summed E-state index contributed by atoms with van der Waals surface area (Å²) < 4.78 is 0. The average Bonchev–Trinajstić information content (AvgIpc) is 3.33. The molecule has 0 aromatic heterocycles. The minimum atomic E-state index is -0.144. The molecule has 2 heterocycles. The predicted octanol–water partition coefficient (Wildman–Crippen LogP) is 17.1. The van der Waals surface area contributed by atoms with Gasteiger partial charge in [0.25, 0.3) is 6.71 Å². The highest BCUT2D eigenvalue weighted by Gasteiger charge is 2.48. The van der Waals surface area contributed by atoms with Crippen LogP contribution < -0.4 is 31.1 Å². The second-order valence-corrected chi connectivity index (χ2v) is 24.8. The fourth-order valence-corrected chi connectivity index (χ4v) is 12.5. The highest BCUT2D eigenvalue weighted by atomic mass is 15.2. The number of aryl methyl sites for hydroxylation is 4. The van der Waals surface area contributed by atoms with Crippen LogP contribution in [0.4, 0.5) is 51.2 Å². The second-order valence-electron chi connectivity index (χ2n) is 24.8. The maximum Gasteiger partial charge on any atom is 0.252 e. The van der Waals surface area contributed by atoms with Gasteiger partial charge < -0.3 is 14.7 Å². The van der Waals surface area contributed by atoms with E-state index in [0.29, 0.717) is 0 Å². The molecule has 0 N–H and O–H groups in total. The average molecular weight is 942 g/mol. The summed E-state index contributed by atoms with van der Waals surface area (Å²) in [6.07, 6.45) is 2.31. The van der Waals surface area contributed by atoms with Crippen LogP contribution in [0.3, 0.4) is 0 Å². The smallest absolute Gasteiger partial charge is 0.252 e. The van der Waals surface area contributed by atoms with Crippen LogP contribution in [0, 0.1) is 27.7 Å². The summed E-state index contributed by atoms with van der Waals surface area (Å²) in [5, 5.41) is 0. The summed E-state index contributed by atoms with van der Waals surface area (Å²) in [7, 11) is 0. The molecule has 0 radical (unpaired) electrons. The standard InChI is InChI=1S/C68H72BN3/c1-43-24-23-25-44(2)63(43)71-58-40-51(70(50-28-19-16-20-29-50)57-31-22-21-30-52(57)47-26-17-15-18-27-47)32-33-55(58)69-56-41-53-54(68(13,14)35-34-67(53,11)12)42-59(56)72(61-39-49(66(8,9)10)38-60(71)62(61)69)64-45(3)36-48(37-46(64)4)65(5,6)7/h15-33,36-42H,34-35H2,1-14H3. The van der Waals surface area contributed by atoms with E-state index in [9.17, 15) is 0 Å². The van der Waals surface area contributed by atoms with Gasteiger partial charge in [0, 0.05) is 39.7 Å². The van der Waals surface area contributed by atoms with Crippen LogP contribution in [-0.4, -0.2) is 6.71 Å². The first kappa shape index (κ1) is 47.5. The highest BCUT2D eigenvalue weighted by molar-refractivity contribution is 7.00. The Bertz CT molecular complexity index is 3400. The topological polar surface area (TPSA) is 9.72 Å². The molecule has 0 saturated heterocycles. The number of fused-ring (bicyclic) bond motifs is 5. The number of nitrogens with zero attached hydrogens (tertiary/aromatic N) is 3. The molecule has 0 spiro atoms. The van der Waals surface area contributed by atoms with Gasteiger partial charge in [-0.3, -0.25) is 0 Å². The van der Waals surface area contributed by atoms with Crippen LogP contribution in [0.1, 0.15) is 127 Å². The van der Waals surface area contributed by atoms with Gasteiger partial charge in [-0.25, -0.2) is 0 Å². The maximum atomic E-state index is 2.72. The summed E-state index contributed by atoms with van der Waals surface area (Å²) in [6, 6.07) is 60.3. The largest absolute Gasteiger partial charge is 0.311 e. The van der Waals surface area contributed by atoms with Crippen molar-refractivity contribution in [3.8, 4) is 11.1 Å². The molecule has 3 aliphatic rings. The van der Waals surface area contributed by atoms with Gasteiger partial charge in [0.2, 0.25) is 0 Å². The molecule has 8 aromatic carbocycles. The minimum Gasteiger partial charge on any atom is -0.311 e. The quantitative estimate of drug-likeness (QED) is 0.154. The van der Waals surface area contributed by atoms with E-state index in [1.54, 1.807) is 0 Å². The Morgan fingerprint density at radius 2 is 0.944 bits per heavy atom. The summed E-state index contributed by atoms with van der Waals surface area (Å²) in [5.41, 5.74) is 28.2. The third-order valence-electron chi connectivity index (χ3n) is 16.6. The van der Waals surface area contributed by atoms with Gasteiger partial charge in [0.15, 0.2) is 0 Å². The molecule has 362 valence electrons. The molecule has 0 saturated carbocycles. The van der Waals surface area contributed by atoms with E-state index < -0.39 is 0 Å². The molecule has 8 aromatic rings. The summed E-state index contributed by atoms with van der Waals surface area (Å²) >= 11 is 0. The summed E-state index contributed by atoms with van der Waals surface area (Å²) in [6.45, 7) is 33.4. The van der Waals surface area contributed by atoms with Crippen LogP contribution in [0.5, 0.6) is 0 Å². The molecule has 0 fully saturated rings. The Hall–Kier alpha value is -6.78. The number of rotatable bonds is 6. The molecule has 1 aliphatic carbocycles. The summed E-state index contributed by atoms with van der Waals surface area (Å²) in [5.74, 6) is 0. The third kappa shape index (κ3) is 7.71. The number of hydrogen-bond acceptors (Lipinski definition) is 3. The van der Waals surface area contributed by atoms with E-state index in [-0.39, 0.29) is 28.4 Å². The van der Waals surface area contributed by atoms with Gasteiger partial charge in [-0.05, 0) is 177 Å². The van der Waals surface area contributed by atoms with Gasteiger partial charge in [-0.1, -0.05) is 178 Å². The van der Waals surface area contributed by atoms with Gasteiger partial charge in [-0.15, -0.1) is 0 Å². The Kier molecular flexibility index (Phi) is 11.2. The van der Waals surface area contributed by atoms with Crippen molar-refractivity contribution in [2.45, 2.75) is 131 Å².